The SMILES string of the molecule is CC(C)OCCCCNC(=O)CC1(CS)CC1. The average Bonchev–Trinajstić information content (AvgIpc) is 3.03. The molecular weight excluding hydrogens is 234 g/mol. The van der Waals surface area contributed by atoms with Gasteiger partial charge in [0, 0.05) is 19.6 Å². The van der Waals surface area contributed by atoms with Crippen molar-refractivity contribution in [1.29, 1.82) is 0 Å². The smallest absolute Gasteiger partial charge is 0.220 e. The van der Waals surface area contributed by atoms with Crippen molar-refractivity contribution in [3.05, 3.63) is 0 Å². The van der Waals surface area contributed by atoms with E-state index in [0.717, 1.165) is 44.6 Å². The minimum absolute atomic E-state index is 0.182. The molecule has 0 aliphatic heterocycles. The van der Waals surface area contributed by atoms with Gasteiger partial charge < -0.3 is 10.1 Å². The van der Waals surface area contributed by atoms with E-state index in [2.05, 4.69) is 17.9 Å². The third-order valence-electron chi connectivity index (χ3n) is 3.17. The summed E-state index contributed by atoms with van der Waals surface area (Å²) in [5.41, 5.74) is 0.230. The third-order valence-corrected chi connectivity index (χ3v) is 3.84. The standard InChI is InChI=1S/C13H25NO2S/c1-11(2)16-8-4-3-7-14-12(15)9-13(10-17)5-6-13/h11,17H,3-10H2,1-2H3,(H,14,15). The van der Waals surface area contributed by atoms with Gasteiger partial charge in [0.05, 0.1) is 6.10 Å². The number of amides is 1. The van der Waals surface area contributed by atoms with Crippen molar-refractivity contribution in [2.45, 2.75) is 52.1 Å². The van der Waals surface area contributed by atoms with Crippen molar-refractivity contribution in [2.75, 3.05) is 18.9 Å². The highest BCUT2D eigenvalue weighted by Crippen LogP contribution is 2.49. The van der Waals surface area contributed by atoms with Crippen LogP contribution in [0.15, 0.2) is 0 Å². The summed E-state index contributed by atoms with van der Waals surface area (Å²) in [6.45, 7) is 5.62. The van der Waals surface area contributed by atoms with Gasteiger partial charge in [0.15, 0.2) is 0 Å². The third kappa shape index (κ3) is 6.32. The Morgan fingerprint density at radius 3 is 2.65 bits per heavy atom. The molecule has 0 aromatic rings. The molecule has 1 aliphatic rings. The quantitative estimate of drug-likeness (QED) is 0.493. The Balaban J connectivity index is 1.94. The zero-order chi connectivity index (χ0) is 12.7. The molecule has 1 aliphatic carbocycles. The van der Waals surface area contributed by atoms with Crippen molar-refractivity contribution in [1.82, 2.24) is 5.32 Å². The van der Waals surface area contributed by atoms with Gasteiger partial charge in [0.25, 0.3) is 0 Å². The Morgan fingerprint density at radius 2 is 2.12 bits per heavy atom. The first-order valence-corrected chi connectivity index (χ1v) is 7.20. The molecule has 0 radical (unpaired) electrons. The molecule has 100 valence electrons. The Kier molecular flexibility index (Phi) is 6.34. The van der Waals surface area contributed by atoms with Crippen molar-refractivity contribution >= 4 is 18.5 Å². The van der Waals surface area contributed by atoms with E-state index in [1.807, 2.05) is 13.8 Å². The van der Waals surface area contributed by atoms with Crippen LogP contribution in [-0.4, -0.2) is 30.9 Å². The fraction of sp³-hybridized carbons (Fsp3) is 0.923. The van der Waals surface area contributed by atoms with Crippen LogP contribution in [0.2, 0.25) is 0 Å². The lowest BCUT2D eigenvalue weighted by atomic mass is 10.1. The maximum absolute atomic E-state index is 11.6. The summed E-state index contributed by atoms with van der Waals surface area (Å²) in [6, 6.07) is 0. The molecule has 0 saturated heterocycles. The van der Waals surface area contributed by atoms with Crippen LogP contribution in [0.4, 0.5) is 0 Å². The van der Waals surface area contributed by atoms with Crippen molar-refractivity contribution < 1.29 is 9.53 Å². The van der Waals surface area contributed by atoms with E-state index in [0.29, 0.717) is 12.5 Å². The first-order valence-electron chi connectivity index (χ1n) is 6.57. The van der Waals surface area contributed by atoms with Gasteiger partial charge in [-0.3, -0.25) is 4.79 Å². The van der Waals surface area contributed by atoms with Gasteiger partial charge in [0.1, 0.15) is 0 Å². The summed E-state index contributed by atoms with van der Waals surface area (Å²) in [4.78, 5) is 11.6. The molecule has 0 aromatic carbocycles. The molecule has 17 heavy (non-hydrogen) atoms. The predicted octanol–water partition coefficient (Wildman–Crippen LogP) is 2.41. The molecule has 4 heteroatoms. The number of rotatable bonds is 9. The minimum Gasteiger partial charge on any atom is -0.379 e. The number of hydrogen-bond acceptors (Lipinski definition) is 3. The Hall–Kier alpha value is -0.220. The Morgan fingerprint density at radius 1 is 1.41 bits per heavy atom. The van der Waals surface area contributed by atoms with E-state index in [1.54, 1.807) is 0 Å². The molecule has 0 spiro atoms. The van der Waals surface area contributed by atoms with Crippen LogP contribution in [0.3, 0.4) is 0 Å². The van der Waals surface area contributed by atoms with Gasteiger partial charge in [0.2, 0.25) is 5.91 Å². The van der Waals surface area contributed by atoms with E-state index in [9.17, 15) is 4.79 Å². The van der Waals surface area contributed by atoms with Crippen LogP contribution in [0.5, 0.6) is 0 Å². The molecule has 0 unspecified atom stereocenters. The molecule has 1 N–H and O–H groups in total. The zero-order valence-electron chi connectivity index (χ0n) is 11.0. The second-order valence-electron chi connectivity index (χ2n) is 5.31. The highest BCUT2D eigenvalue weighted by atomic mass is 32.1. The molecule has 1 saturated carbocycles. The first-order chi connectivity index (χ1) is 8.08. The Labute approximate surface area is 110 Å². The fourth-order valence-corrected chi connectivity index (χ4v) is 2.17. The number of carbonyl (C=O) groups is 1. The number of nitrogens with one attached hydrogen (secondary N) is 1. The lowest BCUT2D eigenvalue weighted by Crippen LogP contribution is -2.27. The van der Waals surface area contributed by atoms with Gasteiger partial charge in [-0.15, -0.1) is 0 Å². The van der Waals surface area contributed by atoms with Gasteiger partial charge in [-0.2, -0.15) is 12.6 Å². The summed E-state index contributed by atoms with van der Waals surface area (Å²) < 4.78 is 5.43. The first kappa shape index (κ1) is 14.8. The van der Waals surface area contributed by atoms with Crippen LogP contribution < -0.4 is 5.32 Å². The summed E-state index contributed by atoms with van der Waals surface area (Å²) in [5, 5.41) is 2.97. The highest BCUT2D eigenvalue weighted by Gasteiger charge is 2.42. The van der Waals surface area contributed by atoms with E-state index >= 15 is 0 Å². The Bertz CT molecular complexity index is 240. The number of thiol groups is 1. The topological polar surface area (TPSA) is 38.3 Å². The second kappa shape index (κ2) is 7.27. The van der Waals surface area contributed by atoms with Gasteiger partial charge in [-0.1, -0.05) is 0 Å². The zero-order valence-corrected chi connectivity index (χ0v) is 11.9. The van der Waals surface area contributed by atoms with Crippen LogP contribution in [0, 0.1) is 5.41 Å². The van der Waals surface area contributed by atoms with Crippen LogP contribution in [0.1, 0.15) is 46.0 Å². The number of unbranched alkanes of at least 4 members (excludes halogenated alkanes) is 1. The minimum atomic E-state index is 0.182. The largest absolute Gasteiger partial charge is 0.379 e. The summed E-state index contributed by atoms with van der Waals surface area (Å²) in [6.07, 6.45) is 5.27. The molecule has 0 atom stereocenters. The molecule has 1 rings (SSSR count). The van der Waals surface area contributed by atoms with Gasteiger partial charge >= 0.3 is 0 Å². The van der Waals surface area contributed by atoms with Gasteiger partial charge in [-0.05, 0) is 50.7 Å². The summed E-state index contributed by atoms with van der Waals surface area (Å²) >= 11 is 4.30. The number of ether oxygens (including phenoxy) is 1. The fourth-order valence-electron chi connectivity index (χ4n) is 1.74. The maximum Gasteiger partial charge on any atom is 0.220 e. The van der Waals surface area contributed by atoms with E-state index in [4.69, 9.17) is 4.74 Å². The maximum atomic E-state index is 11.6. The molecule has 0 heterocycles. The molecular formula is C13H25NO2S. The van der Waals surface area contributed by atoms with E-state index in [-0.39, 0.29) is 11.3 Å². The number of hydrogen-bond donors (Lipinski definition) is 2. The van der Waals surface area contributed by atoms with E-state index in [1.165, 1.54) is 0 Å². The molecule has 3 nitrogen and oxygen atoms in total. The van der Waals surface area contributed by atoms with Crippen molar-refractivity contribution in [3.63, 3.8) is 0 Å². The number of carbonyl (C=O) groups excluding carboxylic acids is 1. The van der Waals surface area contributed by atoms with E-state index < -0.39 is 0 Å². The second-order valence-corrected chi connectivity index (χ2v) is 5.63. The van der Waals surface area contributed by atoms with Gasteiger partial charge in [-0.25, -0.2) is 0 Å². The molecule has 1 fully saturated rings. The molecule has 1 amide bonds. The van der Waals surface area contributed by atoms with Crippen molar-refractivity contribution in [3.8, 4) is 0 Å². The van der Waals surface area contributed by atoms with Crippen LogP contribution in [-0.2, 0) is 9.53 Å². The predicted molar refractivity (Wildman–Crippen MR) is 73.5 cm³/mol. The average molecular weight is 259 g/mol. The van der Waals surface area contributed by atoms with Crippen molar-refractivity contribution in [2.24, 2.45) is 5.41 Å². The molecule has 0 aromatic heterocycles. The monoisotopic (exact) mass is 259 g/mol. The normalized spacial score (nSPS) is 17.2. The highest BCUT2D eigenvalue weighted by molar-refractivity contribution is 7.80. The molecule has 0 bridgehead atoms. The lowest BCUT2D eigenvalue weighted by Gasteiger charge is -2.12. The lowest BCUT2D eigenvalue weighted by molar-refractivity contribution is -0.122. The van der Waals surface area contributed by atoms with Crippen LogP contribution in [0.25, 0.3) is 0 Å². The summed E-state index contributed by atoms with van der Waals surface area (Å²) in [7, 11) is 0. The van der Waals surface area contributed by atoms with Crippen LogP contribution >= 0.6 is 12.6 Å². The summed E-state index contributed by atoms with van der Waals surface area (Å²) in [5.74, 6) is 1.02.